The van der Waals surface area contributed by atoms with Gasteiger partial charge in [0.05, 0.1) is 5.56 Å². The molecule has 0 saturated heterocycles. The molecular weight excluding hydrogens is 346 g/mol. The number of aromatic nitrogens is 3. The van der Waals surface area contributed by atoms with Gasteiger partial charge in [0.25, 0.3) is 0 Å². The lowest BCUT2D eigenvalue weighted by molar-refractivity contribution is 0.647. The van der Waals surface area contributed by atoms with E-state index in [1.165, 1.54) is 5.56 Å². The molecule has 2 heterocycles. The van der Waals surface area contributed by atoms with Crippen LogP contribution < -0.4 is 5.32 Å². The lowest BCUT2D eigenvalue weighted by atomic mass is 9.97. The molecular formula is C20H20ClN5. The lowest BCUT2D eigenvalue weighted by Crippen LogP contribution is -1.97. The fraction of sp³-hybridized carbons (Fsp3) is 0.250. The van der Waals surface area contributed by atoms with E-state index >= 15 is 0 Å². The average Bonchev–Trinajstić information content (AvgIpc) is 2.99. The Morgan fingerprint density at radius 1 is 1.19 bits per heavy atom. The van der Waals surface area contributed by atoms with E-state index in [-0.39, 0.29) is 0 Å². The van der Waals surface area contributed by atoms with Crippen molar-refractivity contribution in [2.45, 2.75) is 27.2 Å². The normalized spacial score (nSPS) is 10.8. The second kappa shape index (κ2) is 7.59. The van der Waals surface area contributed by atoms with E-state index in [9.17, 15) is 5.26 Å². The molecule has 0 bridgehead atoms. The molecule has 0 fully saturated rings. The van der Waals surface area contributed by atoms with Crippen molar-refractivity contribution in [2.75, 3.05) is 5.32 Å². The second-order valence-corrected chi connectivity index (χ2v) is 7.11. The number of pyridine rings is 1. The van der Waals surface area contributed by atoms with E-state index in [4.69, 9.17) is 11.6 Å². The summed E-state index contributed by atoms with van der Waals surface area (Å²) in [5, 5.41) is 20.2. The van der Waals surface area contributed by atoms with Gasteiger partial charge >= 0.3 is 0 Å². The van der Waals surface area contributed by atoms with Crippen molar-refractivity contribution in [2.24, 2.45) is 5.92 Å². The SMILES string of the molecule is Cc1cc(Nc2cc(-c3ccc(CC(C)C)cc3Cl)c(C#N)cn2)n[nH]1. The molecule has 0 aliphatic carbocycles. The molecule has 3 rings (SSSR count). The molecule has 26 heavy (non-hydrogen) atoms. The summed E-state index contributed by atoms with van der Waals surface area (Å²) in [4.78, 5) is 4.30. The summed E-state index contributed by atoms with van der Waals surface area (Å²) in [6.45, 7) is 6.27. The minimum absolute atomic E-state index is 0.479. The topological polar surface area (TPSA) is 77.4 Å². The highest BCUT2D eigenvalue weighted by molar-refractivity contribution is 6.33. The van der Waals surface area contributed by atoms with Gasteiger partial charge in [0.2, 0.25) is 0 Å². The van der Waals surface area contributed by atoms with Gasteiger partial charge < -0.3 is 5.32 Å². The van der Waals surface area contributed by atoms with Crippen molar-refractivity contribution in [3.8, 4) is 17.2 Å². The van der Waals surface area contributed by atoms with Crippen LogP contribution in [0.5, 0.6) is 0 Å². The minimum atomic E-state index is 0.479. The highest BCUT2D eigenvalue weighted by atomic mass is 35.5. The number of hydrogen-bond donors (Lipinski definition) is 2. The van der Waals surface area contributed by atoms with Crippen LogP contribution in [0.25, 0.3) is 11.1 Å². The number of hydrogen-bond acceptors (Lipinski definition) is 4. The maximum atomic E-state index is 9.46. The number of anilines is 2. The van der Waals surface area contributed by atoms with Crippen LogP contribution in [0.3, 0.4) is 0 Å². The molecule has 0 saturated carbocycles. The van der Waals surface area contributed by atoms with E-state index in [2.05, 4.69) is 46.5 Å². The fourth-order valence-corrected chi connectivity index (χ4v) is 3.13. The third kappa shape index (κ3) is 4.04. The number of nitrogens with zero attached hydrogens (tertiary/aromatic N) is 3. The molecule has 0 spiro atoms. The fourth-order valence-electron chi connectivity index (χ4n) is 2.82. The number of halogens is 1. The molecule has 2 N–H and O–H groups in total. The molecule has 0 unspecified atom stereocenters. The summed E-state index contributed by atoms with van der Waals surface area (Å²) >= 11 is 6.52. The highest BCUT2D eigenvalue weighted by Crippen LogP contribution is 2.33. The third-order valence-electron chi connectivity index (χ3n) is 3.95. The number of nitriles is 1. The smallest absolute Gasteiger partial charge is 0.153 e. The number of aryl methyl sites for hydroxylation is 1. The first-order valence-corrected chi connectivity index (χ1v) is 8.82. The highest BCUT2D eigenvalue weighted by Gasteiger charge is 2.12. The van der Waals surface area contributed by atoms with Crippen LogP contribution >= 0.6 is 11.6 Å². The van der Waals surface area contributed by atoms with Crippen molar-refractivity contribution in [3.63, 3.8) is 0 Å². The summed E-state index contributed by atoms with van der Waals surface area (Å²) in [7, 11) is 0. The second-order valence-electron chi connectivity index (χ2n) is 6.70. The van der Waals surface area contributed by atoms with Gasteiger partial charge in [-0.15, -0.1) is 0 Å². The van der Waals surface area contributed by atoms with E-state index < -0.39 is 0 Å². The quantitative estimate of drug-likeness (QED) is 0.647. The zero-order chi connectivity index (χ0) is 18.7. The molecule has 6 heteroatoms. The molecule has 1 aromatic carbocycles. The Balaban J connectivity index is 1.98. The summed E-state index contributed by atoms with van der Waals surface area (Å²) in [6, 6.07) is 11.9. The van der Waals surface area contributed by atoms with Crippen LogP contribution in [0.15, 0.2) is 36.5 Å². The minimum Gasteiger partial charge on any atom is -0.323 e. The van der Waals surface area contributed by atoms with Gasteiger partial charge in [-0.05, 0) is 37.0 Å². The van der Waals surface area contributed by atoms with E-state index in [0.717, 1.165) is 23.2 Å². The summed E-state index contributed by atoms with van der Waals surface area (Å²) < 4.78 is 0. The molecule has 0 aliphatic rings. The van der Waals surface area contributed by atoms with Crippen LogP contribution in [0.2, 0.25) is 5.02 Å². The average molecular weight is 366 g/mol. The maximum absolute atomic E-state index is 9.46. The largest absolute Gasteiger partial charge is 0.323 e. The van der Waals surface area contributed by atoms with Crippen molar-refractivity contribution in [1.82, 2.24) is 15.2 Å². The first-order valence-electron chi connectivity index (χ1n) is 8.44. The summed E-state index contributed by atoms with van der Waals surface area (Å²) in [5.74, 6) is 1.83. The van der Waals surface area contributed by atoms with Gasteiger partial charge in [-0.25, -0.2) is 4.98 Å². The molecule has 0 radical (unpaired) electrons. The van der Waals surface area contributed by atoms with Gasteiger partial charge in [0.15, 0.2) is 5.82 Å². The zero-order valence-corrected chi connectivity index (χ0v) is 15.7. The van der Waals surface area contributed by atoms with E-state index in [0.29, 0.717) is 28.1 Å². The summed E-state index contributed by atoms with van der Waals surface area (Å²) in [6.07, 6.45) is 2.52. The van der Waals surface area contributed by atoms with Crippen LogP contribution in [0, 0.1) is 24.2 Å². The first-order chi connectivity index (χ1) is 12.5. The predicted octanol–water partition coefficient (Wildman–Crippen LogP) is 5.25. The lowest BCUT2D eigenvalue weighted by Gasteiger charge is -2.12. The van der Waals surface area contributed by atoms with Crippen molar-refractivity contribution < 1.29 is 0 Å². The van der Waals surface area contributed by atoms with Crippen LogP contribution in [0.1, 0.15) is 30.7 Å². The van der Waals surface area contributed by atoms with Crippen LogP contribution in [0.4, 0.5) is 11.6 Å². The first kappa shape index (κ1) is 18.0. The van der Waals surface area contributed by atoms with E-state index in [1.807, 2.05) is 31.2 Å². The summed E-state index contributed by atoms with van der Waals surface area (Å²) in [5.41, 5.74) is 4.18. The molecule has 0 atom stereocenters. The zero-order valence-electron chi connectivity index (χ0n) is 15.0. The van der Waals surface area contributed by atoms with Crippen molar-refractivity contribution in [3.05, 3.63) is 58.4 Å². The Labute approximate surface area is 158 Å². The monoisotopic (exact) mass is 365 g/mol. The van der Waals surface area contributed by atoms with Gasteiger partial charge in [-0.3, -0.25) is 5.10 Å². The van der Waals surface area contributed by atoms with Crippen molar-refractivity contribution >= 4 is 23.2 Å². The molecule has 3 aromatic rings. The third-order valence-corrected chi connectivity index (χ3v) is 4.27. The maximum Gasteiger partial charge on any atom is 0.153 e. The van der Waals surface area contributed by atoms with Gasteiger partial charge in [0.1, 0.15) is 11.9 Å². The molecule has 132 valence electrons. The Bertz CT molecular complexity index is 969. The number of aromatic amines is 1. The number of H-pyrrole nitrogens is 1. The number of benzene rings is 1. The van der Waals surface area contributed by atoms with Crippen molar-refractivity contribution in [1.29, 1.82) is 5.26 Å². The Kier molecular flexibility index (Phi) is 5.24. The Morgan fingerprint density at radius 3 is 2.62 bits per heavy atom. The molecule has 5 nitrogen and oxygen atoms in total. The van der Waals surface area contributed by atoms with Gasteiger partial charge in [-0.1, -0.05) is 37.6 Å². The number of nitrogens with one attached hydrogen (secondary N) is 2. The number of rotatable bonds is 5. The molecule has 0 amide bonds. The van der Waals surface area contributed by atoms with E-state index in [1.54, 1.807) is 6.20 Å². The van der Waals surface area contributed by atoms with Crippen LogP contribution in [-0.4, -0.2) is 15.2 Å². The van der Waals surface area contributed by atoms with Gasteiger partial charge in [0, 0.05) is 34.1 Å². The molecule has 2 aromatic heterocycles. The molecule has 0 aliphatic heterocycles. The standard InChI is InChI=1S/C20H20ClN5/c1-12(2)6-14-4-5-16(18(21)8-14)17-9-19(23-11-15(17)10-22)24-20-7-13(3)25-26-20/h4-5,7-9,11-12H,6H2,1-3H3,(H2,23,24,25,26). The van der Waals surface area contributed by atoms with Gasteiger partial charge in [-0.2, -0.15) is 10.4 Å². The Hall–Kier alpha value is -2.84. The van der Waals surface area contributed by atoms with Crippen LogP contribution in [-0.2, 0) is 6.42 Å². The predicted molar refractivity (Wildman–Crippen MR) is 105 cm³/mol. The Morgan fingerprint density at radius 2 is 2.00 bits per heavy atom.